The Kier molecular flexibility index (Phi) is 3.22. The van der Waals surface area contributed by atoms with Crippen LogP contribution in [0, 0.1) is 11.8 Å². The van der Waals surface area contributed by atoms with E-state index in [2.05, 4.69) is 12.2 Å². The Bertz CT molecular complexity index is 167. The highest BCUT2D eigenvalue weighted by atomic mass is 19.4. The molecule has 4 heteroatoms. The molecular formula is C9H16F3N. The van der Waals surface area contributed by atoms with E-state index in [0.29, 0.717) is 11.8 Å². The van der Waals surface area contributed by atoms with Gasteiger partial charge in [0.25, 0.3) is 0 Å². The van der Waals surface area contributed by atoms with Gasteiger partial charge in [0, 0.05) is 6.04 Å². The van der Waals surface area contributed by atoms with Gasteiger partial charge in [0.05, 0.1) is 6.42 Å². The Labute approximate surface area is 76.7 Å². The molecule has 78 valence electrons. The van der Waals surface area contributed by atoms with Gasteiger partial charge in [-0.05, 0) is 31.7 Å². The number of nitrogens with one attached hydrogen (secondary N) is 1. The first-order valence-electron chi connectivity index (χ1n) is 4.68. The van der Waals surface area contributed by atoms with E-state index in [4.69, 9.17) is 0 Å². The van der Waals surface area contributed by atoms with Gasteiger partial charge in [-0.15, -0.1) is 0 Å². The molecule has 1 aliphatic carbocycles. The largest absolute Gasteiger partial charge is 0.390 e. The van der Waals surface area contributed by atoms with Crippen LogP contribution in [0.15, 0.2) is 0 Å². The Morgan fingerprint density at radius 2 is 2.00 bits per heavy atom. The van der Waals surface area contributed by atoms with Gasteiger partial charge in [-0.1, -0.05) is 6.92 Å². The third-order valence-electron chi connectivity index (χ3n) is 2.54. The van der Waals surface area contributed by atoms with E-state index in [1.807, 2.05) is 0 Å². The zero-order valence-corrected chi connectivity index (χ0v) is 7.99. The number of hydrogen-bond acceptors (Lipinski definition) is 1. The van der Waals surface area contributed by atoms with Gasteiger partial charge in [0.1, 0.15) is 0 Å². The summed E-state index contributed by atoms with van der Waals surface area (Å²) in [6, 6.07) is -0.451. The standard InChI is InChI=1S/C9H16F3N/c1-6-3-8(6)5-13-7(2)4-9(10,11)12/h6-8,13H,3-5H2,1-2H3. The number of halogens is 3. The van der Waals surface area contributed by atoms with Gasteiger partial charge in [-0.25, -0.2) is 0 Å². The molecule has 0 saturated heterocycles. The fourth-order valence-corrected chi connectivity index (χ4v) is 1.46. The number of alkyl halides is 3. The molecule has 1 saturated carbocycles. The molecule has 1 nitrogen and oxygen atoms in total. The quantitative estimate of drug-likeness (QED) is 0.727. The monoisotopic (exact) mass is 195 g/mol. The minimum atomic E-state index is -4.04. The van der Waals surface area contributed by atoms with Crippen molar-refractivity contribution in [2.24, 2.45) is 11.8 Å². The highest BCUT2D eigenvalue weighted by molar-refractivity contribution is 4.84. The van der Waals surface area contributed by atoms with Crippen molar-refractivity contribution >= 4 is 0 Å². The topological polar surface area (TPSA) is 12.0 Å². The zero-order valence-electron chi connectivity index (χ0n) is 7.99. The molecule has 0 spiro atoms. The van der Waals surface area contributed by atoms with Crippen molar-refractivity contribution < 1.29 is 13.2 Å². The molecule has 0 aromatic carbocycles. The first kappa shape index (κ1) is 10.8. The first-order chi connectivity index (χ1) is 5.88. The van der Waals surface area contributed by atoms with Crippen molar-refractivity contribution in [3.63, 3.8) is 0 Å². The Hall–Kier alpha value is -0.250. The molecule has 13 heavy (non-hydrogen) atoms. The second kappa shape index (κ2) is 3.86. The van der Waals surface area contributed by atoms with Crippen LogP contribution in [0.25, 0.3) is 0 Å². The summed E-state index contributed by atoms with van der Waals surface area (Å²) in [5, 5.41) is 2.91. The maximum atomic E-state index is 11.9. The van der Waals surface area contributed by atoms with Crippen LogP contribution in [0.5, 0.6) is 0 Å². The predicted molar refractivity (Wildman–Crippen MR) is 45.4 cm³/mol. The minimum absolute atomic E-state index is 0.451. The van der Waals surface area contributed by atoms with Crippen molar-refractivity contribution in [1.29, 1.82) is 0 Å². The molecule has 0 radical (unpaired) electrons. The summed E-state index contributed by atoms with van der Waals surface area (Å²) in [7, 11) is 0. The van der Waals surface area contributed by atoms with Crippen molar-refractivity contribution in [2.45, 2.75) is 38.9 Å². The molecule has 1 fully saturated rings. The lowest BCUT2D eigenvalue weighted by Crippen LogP contribution is -2.32. The molecular weight excluding hydrogens is 179 g/mol. The average molecular weight is 195 g/mol. The summed E-state index contributed by atoms with van der Waals surface area (Å²) in [6.45, 7) is 4.44. The smallest absolute Gasteiger partial charge is 0.314 e. The maximum Gasteiger partial charge on any atom is 0.390 e. The Balaban J connectivity index is 2.07. The predicted octanol–water partition coefficient (Wildman–Crippen LogP) is 2.57. The average Bonchev–Trinajstić information content (AvgIpc) is 2.58. The second-order valence-electron chi connectivity index (χ2n) is 4.10. The molecule has 3 atom stereocenters. The van der Waals surface area contributed by atoms with Gasteiger partial charge >= 0.3 is 6.18 Å². The van der Waals surface area contributed by atoms with Crippen LogP contribution in [0.1, 0.15) is 26.7 Å². The van der Waals surface area contributed by atoms with Crippen LogP contribution in [0.2, 0.25) is 0 Å². The summed E-state index contributed by atoms with van der Waals surface area (Å²) in [5.41, 5.74) is 0. The fraction of sp³-hybridized carbons (Fsp3) is 1.00. The van der Waals surface area contributed by atoms with Crippen LogP contribution in [0.3, 0.4) is 0 Å². The highest BCUT2D eigenvalue weighted by Crippen LogP contribution is 2.37. The molecule has 1 rings (SSSR count). The normalized spacial score (nSPS) is 30.2. The summed E-state index contributed by atoms with van der Waals surface area (Å²) in [6.07, 6.45) is -3.61. The second-order valence-corrected chi connectivity index (χ2v) is 4.10. The van der Waals surface area contributed by atoms with Gasteiger partial charge in [0.2, 0.25) is 0 Å². The van der Waals surface area contributed by atoms with E-state index in [1.165, 1.54) is 0 Å². The minimum Gasteiger partial charge on any atom is -0.314 e. The molecule has 0 aliphatic heterocycles. The van der Waals surface area contributed by atoms with Crippen molar-refractivity contribution in [3.8, 4) is 0 Å². The molecule has 1 aliphatic rings. The van der Waals surface area contributed by atoms with Crippen molar-refractivity contribution in [3.05, 3.63) is 0 Å². The van der Waals surface area contributed by atoms with Crippen LogP contribution in [-0.4, -0.2) is 18.8 Å². The summed E-state index contributed by atoms with van der Waals surface area (Å²) >= 11 is 0. The van der Waals surface area contributed by atoms with E-state index in [1.54, 1.807) is 6.92 Å². The molecule has 0 heterocycles. The van der Waals surface area contributed by atoms with Gasteiger partial charge in [-0.3, -0.25) is 0 Å². The lowest BCUT2D eigenvalue weighted by atomic mass is 10.2. The first-order valence-corrected chi connectivity index (χ1v) is 4.68. The van der Waals surface area contributed by atoms with Gasteiger partial charge in [-0.2, -0.15) is 13.2 Å². The lowest BCUT2D eigenvalue weighted by molar-refractivity contribution is -0.139. The zero-order chi connectivity index (χ0) is 10.1. The van der Waals surface area contributed by atoms with E-state index in [0.717, 1.165) is 13.0 Å². The molecule has 0 bridgehead atoms. The fourth-order valence-electron chi connectivity index (χ4n) is 1.46. The number of hydrogen-bond donors (Lipinski definition) is 1. The summed E-state index contributed by atoms with van der Waals surface area (Å²) in [4.78, 5) is 0. The maximum absolute atomic E-state index is 11.9. The molecule has 0 amide bonds. The van der Waals surface area contributed by atoms with E-state index in [9.17, 15) is 13.2 Å². The number of rotatable bonds is 4. The van der Waals surface area contributed by atoms with Gasteiger partial charge < -0.3 is 5.32 Å². The molecule has 1 N–H and O–H groups in total. The Morgan fingerprint density at radius 3 is 2.38 bits per heavy atom. The highest BCUT2D eigenvalue weighted by Gasteiger charge is 2.34. The molecule has 0 aromatic heterocycles. The van der Waals surface area contributed by atoms with Crippen LogP contribution in [0.4, 0.5) is 13.2 Å². The SMILES string of the molecule is CC(CC(F)(F)F)NCC1CC1C. The summed E-state index contributed by atoms with van der Waals surface area (Å²) < 4.78 is 35.6. The van der Waals surface area contributed by atoms with Gasteiger partial charge in [0.15, 0.2) is 0 Å². The molecule has 3 unspecified atom stereocenters. The van der Waals surface area contributed by atoms with Crippen molar-refractivity contribution in [1.82, 2.24) is 5.32 Å². The third-order valence-corrected chi connectivity index (χ3v) is 2.54. The van der Waals surface area contributed by atoms with E-state index >= 15 is 0 Å². The van der Waals surface area contributed by atoms with Crippen LogP contribution >= 0.6 is 0 Å². The van der Waals surface area contributed by atoms with Crippen LogP contribution in [-0.2, 0) is 0 Å². The Morgan fingerprint density at radius 1 is 1.46 bits per heavy atom. The van der Waals surface area contributed by atoms with E-state index in [-0.39, 0.29) is 0 Å². The third kappa shape index (κ3) is 4.50. The molecule has 0 aromatic rings. The van der Waals surface area contributed by atoms with Crippen LogP contribution < -0.4 is 5.32 Å². The summed E-state index contributed by atoms with van der Waals surface area (Å²) in [5.74, 6) is 1.31. The van der Waals surface area contributed by atoms with E-state index < -0.39 is 18.6 Å². The lowest BCUT2D eigenvalue weighted by Gasteiger charge is -2.15. The van der Waals surface area contributed by atoms with Crippen molar-refractivity contribution in [2.75, 3.05) is 6.54 Å².